The molecule has 2 aromatic carbocycles. The molecule has 0 spiro atoms. The summed E-state index contributed by atoms with van der Waals surface area (Å²) in [5.74, 6) is 1.86. The largest absolute Gasteiger partial charge is 0.484 e. The third-order valence-corrected chi connectivity index (χ3v) is 3.94. The lowest BCUT2D eigenvalue weighted by Crippen LogP contribution is -1.95. The van der Waals surface area contributed by atoms with E-state index in [1.54, 1.807) is 31.2 Å². The van der Waals surface area contributed by atoms with Crippen molar-refractivity contribution in [3.8, 4) is 34.5 Å². The van der Waals surface area contributed by atoms with Gasteiger partial charge in [0.15, 0.2) is 6.61 Å². The minimum absolute atomic E-state index is 0.115. The second kappa shape index (κ2) is 7.14. The summed E-state index contributed by atoms with van der Waals surface area (Å²) >= 11 is 0. The fourth-order valence-electron chi connectivity index (χ4n) is 2.60. The summed E-state index contributed by atoms with van der Waals surface area (Å²) in [5, 5.41) is 21.1. The molecule has 0 amide bonds. The summed E-state index contributed by atoms with van der Waals surface area (Å²) in [4.78, 5) is 0. The van der Waals surface area contributed by atoms with Gasteiger partial charge < -0.3 is 13.7 Å². The van der Waals surface area contributed by atoms with Gasteiger partial charge in [-0.3, -0.25) is 0 Å². The first-order chi connectivity index (χ1) is 13.2. The third-order valence-electron chi connectivity index (χ3n) is 3.94. The van der Waals surface area contributed by atoms with Crippen LogP contribution in [0.15, 0.2) is 63.5 Å². The molecule has 7 heteroatoms. The Kier molecular flexibility index (Phi) is 4.37. The predicted molar refractivity (Wildman–Crippen MR) is 95.5 cm³/mol. The minimum atomic E-state index is 0.115. The molecule has 0 unspecified atom stereocenters. The van der Waals surface area contributed by atoms with Crippen molar-refractivity contribution in [1.82, 2.24) is 15.4 Å². The summed E-state index contributed by atoms with van der Waals surface area (Å²) in [5.41, 5.74) is 2.78. The van der Waals surface area contributed by atoms with Gasteiger partial charge in [0.1, 0.15) is 22.8 Å². The lowest BCUT2D eigenvalue weighted by atomic mass is 10.1. The monoisotopic (exact) mass is 358 g/mol. The summed E-state index contributed by atoms with van der Waals surface area (Å²) in [7, 11) is 0. The number of hydrogen-bond donors (Lipinski definition) is 0. The van der Waals surface area contributed by atoms with Gasteiger partial charge in [-0.1, -0.05) is 35.5 Å². The molecular weight excluding hydrogens is 344 g/mol. The maximum atomic E-state index is 8.82. The van der Waals surface area contributed by atoms with Crippen LogP contribution in [0.1, 0.15) is 17.2 Å². The Labute approximate surface area is 154 Å². The van der Waals surface area contributed by atoms with E-state index in [1.807, 2.05) is 30.3 Å². The smallest absolute Gasteiger partial charge is 0.254 e. The van der Waals surface area contributed by atoms with Crippen LogP contribution in [-0.2, 0) is 6.61 Å². The maximum Gasteiger partial charge on any atom is 0.254 e. The van der Waals surface area contributed by atoms with E-state index in [2.05, 4.69) is 21.4 Å². The molecule has 0 aliphatic rings. The molecule has 7 nitrogen and oxygen atoms in total. The summed E-state index contributed by atoms with van der Waals surface area (Å²) in [6, 6.07) is 18.5. The first-order valence-electron chi connectivity index (χ1n) is 8.22. The fourth-order valence-corrected chi connectivity index (χ4v) is 2.60. The Balaban J connectivity index is 1.55. The van der Waals surface area contributed by atoms with E-state index < -0.39 is 0 Å². The van der Waals surface area contributed by atoms with Crippen molar-refractivity contribution < 1.29 is 13.7 Å². The quantitative estimate of drug-likeness (QED) is 0.528. The second-order valence-corrected chi connectivity index (χ2v) is 5.75. The minimum Gasteiger partial charge on any atom is -0.484 e. The van der Waals surface area contributed by atoms with Gasteiger partial charge in [0.05, 0.1) is 11.6 Å². The van der Waals surface area contributed by atoms with Gasteiger partial charge >= 0.3 is 0 Å². The molecule has 132 valence electrons. The number of ether oxygens (including phenoxy) is 1. The lowest BCUT2D eigenvalue weighted by Gasteiger charge is -2.02. The molecule has 0 saturated carbocycles. The topological polar surface area (TPSA) is 98.0 Å². The zero-order valence-electron chi connectivity index (χ0n) is 14.4. The van der Waals surface area contributed by atoms with Gasteiger partial charge in [-0.2, -0.15) is 5.26 Å². The first kappa shape index (κ1) is 16.5. The SMILES string of the molecule is Cc1onc(-c2ccccc2)c1-c1nnc(COc2ccc(C#N)cc2)o1. The zero-order valence-corrected chi connectivity index (χ0v) is 14.4. The Morgan fingerprint density at radius 1 is 1.04 bits per heavy atom. The average Bonchev–Trinajstić information content (AvgIpc) is 3.33. The number of nitriles is 1. The third kappa shape index (κ3) is 3.41. The van der Waals surface area contributed by atoms with E-state index in [4.69, 9.17) is 18.9 Å². The highest BCUT2D eigenvalue weighted by atomic mass is 16.5. The first-order valence-corrected chi connectivity index (χ1v) is 8.22. The van der Waals surface area contributed by atoms with Crippen LogP contribution in [0.4, 0.5) is 0 Å². The molecule has 2 heterocycles. The Morgan fingerprint density at radius 2 is 1.81 bits per heavy atom. The van der Waals surface area contributed by atoms with E-state index >= 15 is 0 Å². The average molecular weight is 358 g/mol. The van der Waals surface area contributed by atoms with E-state index in [1.165, 1.54) is 0 Å². The summed E-state index contributed by atoms with van der Waals surface area (Å²) in [6.07, 6.45) is 0. The van der Waals surface area contributed by atoms with Crippen molar-refractivity contribution in [1.29, 1.82) is 5.26 Å². The van der Waals surface area contributed by atoms with Crippen molar-refractivity contribution in [2.75, 3.05) is 0 Å². The molecule has 0 N–H and O–H groups in total. The van der Waals surface area contributed by atoms with Crippen molar-refractivity contribution in [2.24, 2.45) is 0 Å². The lowest BCUT2D eigenvalue weighted by molar-refractivity contribution is 0.264. The van der Waals surface area contributed by atoms with Gasteiger partial charge in [0, 0.05) is 5.56 Å². The Hall–Kier alpha value is -3.92. The number of aryl methyl sites for hydroxylation is 1. The molecule has 2 aromatic heterocycles. The van der Waals surface area contributed by atoms with E-state index in [9.17, 15) is 0 Å². The van der Waals surface area contributed by atoms with Crippen molar-refractivity contribution in [3.05, 3.63) is 71.8 Å². The number of hydrogen-bond acceptors (Lipinski definition) is 7. The normalized spacial score (nSPS) is 10.5. The highest BCUT2D eigenvalue weighted by Gasteiger charge is 2.22. The molecule has 0 atom stereocenters. The zero-order chi connectivity index (χ0) is 18.6. The highest BCUT2D eigenvalue weighted by Crippen LogP contribution is 2.33. The second-order valence-electron chi connectivity index (χ2n) is 5.75. The van der Waals surface area contributed by atoms with Crippen molar-refractivity contribution >= 4 is 0 Å². The number of rotatable bonds is 5. The van der Waals surface area contributed by atoms with E-state index in [0.29, 0.717) is 40.1 Å². The maximum absolute atomic E-state index is 8.82. The van der Waals surface area contributed by atoms with Gasteiger partial charge in [0.2, 0.25) is 0 Å². The van der Waals surface area contributed by atoms with Crippen LogP contribution >= 0.6 is 0 Å². The molecule has 4 aromatic rings. The number of aromatic nitrogens is 3. The Bertz CT molecular complexity index is 1090. The van der Waals surface area contributed by atoms with E-state index in [0.717, 1.165) is 5.56 Å². The van der Waals surface area contributed by atoms with Crippen LogP contribution in [0.3, 0.4) is 0 Å². The standard InChI is InChI=1S/C20H14N4O3/c1-13-18(19(24-27-13)15-5-3-2-4-6-15)20-23-22-17(26-20)12-25-16-9-7-14(11-21)8-10-16/h2-10H,12H2,1H3. The Morgan fingerprint density at radius 3 is 2.56 bits per heavy atom. The molecule has 0 saturated heterocycles. The fraction of sp³-hybridized carbons (Fsp3) is 0.100. The summed E-state index contributed by atoms with van der Waals surface area (Å²) in [6.45, 7) is 1.91. The van der Waals surface area contributed by atoms with Crippen molar-refractivity contribution in [3.63, 3.8) is 0 Å². The van der Waals surface area contributed by atoms with Crippen molar-refractivity contribution in [2.45, 2.75) is 13.5 Å². The van der Waals surface area contributed by atoms with Gasteiger partial charge in [-0.25, -0.2) is 0 Å². The summed E-state index contributed by atoms with van der Waals surface area (Å²) < 4.78 is 16.7. The molecular formula is C20H14N4O3. The van der Waals surface area contributed by atoms with Crippen LogP contribution in [0.2, 0.25) is 0 Å². The molecule has 0 fully saturated rings. The highest BCUT2D eigenvalue weighted by molar-refractivity contribution is 5.77. The molecule has 0 aliphatic heterocycles. The van der Waals surface area contributed by atoms with Gasteiger partial charge in [-0.15, -0.1) is 10.2 Å². The van der Waals surface area contributed by atoms with Crippen LogP contribution in [0, 0.1) is 18.3 Å². The van der Waals surface area contributed by atoms with Gasteiger partial charge in [0.25, 0.3) is 11.8 Å². The molecule has 0 radical (unpaired) electrons. The van der Waals surface area contributed by atoms with Gasteiger partial charge in [-0.05, 0) is 31.2 Å². The van der Waals surface area contributed by atoms with Crippen LogP contribution in [0.5, 0.6) is 5.75 Å². The number of benzene rings is 2. The van der Waals surface area contributed by atoms with Crippen LogP contribution in [-0.4, -0.2) is 15.4 Å². The molecule has 0 aliphatic carbocycles. The molecule has 4 rings (SSSR count). The number of nitrogens with zero attached hydrogens (tertiary/aromatic N) is 4. The molecule has 27 heavy (non-hydrogen) atoms. The van der Waals surface area contributed by atoms with Crippen LogP contribution < -0.4 is 4.74 Å². The molecule has 0 bridgehead atoms. The van der Waals surface area contributed by atoms with E-state index in [-0.39, 0.29) is 6.61 Å². The predicted octanol–water partition coefficient (Wildman–Crippen LogP) is 4.15. The van der Waals surface area contributed by atoms with Crippen LogP contribution in [0.25, 0.3) is 22.7 Å².